The number of carbonyl (C=O) groups excluding carboxylic acids is 2. The van der Waals surface area contributed by atoms with Gasteiger partial charge in [0.25, 0.3) is 0 Å². The number of phenols is 1. The van der Waals surface area contributed by atoms with E-state index in [-0.39, 0.29) is 36.0 Å². The van der Waals surface area contributed by atoms with Crippen LogP contribution >= 0.6 is 21.5 Å². The minimum absolute atomic E-state index is 0.0556. The summed E-state index contributed by atoms with van der Waals surface area (Å²) in [6, 6.07) is 11.1. The Morgan fingerprint density at radius 3 is 2.73 bits per heavy atom. The number of rotatable bonds is 15. The van der Waals surface area contributed by atoms with E-state index in [1.165, 1.54) is 25.1 Å². The van der Waals surface area contributed by atoms with Crippen LogP contribution in [0.15, 0.2) is 65.0 Å². The van der Waals surface area contributed by atoms with Crippen molar-refractivity contribution in [3.63, 3.8) is 0 Å². The molecule has 0 bridgehead atoms. The molecule has 0 aliphatic heterocycles. The van der Waals surface area contributed by atoms with Crippen molar-refractivity contribution in [2.24, 2.45) is 4.99 Å². The molecular weight excluding hydrogens is 624 g/mol. The number of anilines is 1. The Labute approximate surface area is 266 Å². The number of phenolic OH excluding ortho intramolecular Hbond substituents is 1. The zero-order valence-electron chi connectivity index (χ0n) is 24.6. The van der Waals surface area contributed by atoms with Crippen molar-refractivity contribution in [3.05, 3.63) is 72.1 Å². The molecule has 2 unspecified atom stereocenters. The van der Waals surface area contributed by atoms with Crippen LogP contribution in [0.3, 0.4) is 0 Å². The van der Waals surface area contributed by atoms with Gasteiger partial charge < -0.3 is 20.3 Å². The van der Waals surface area contributed by atoms with Crippen LogP contribution in [0.25, 0.3) is 11.3 Å². The molecule has 0 fully saturated rings. The lowest BCUT2D eigenvalue weighted by Gasteiger charge is -2.26. The molecule has 2 aromatic carbocycles. The molecule has 3 rings (SSSR count). The van der Waals surface area contributed by atoms with Gasteiger partial charge in [-0.15, -0.1) is 15.8 Å². The molecular formula is C30H35FN5O5PS2. The highest BCUT2D eigenvalue weighted by atomic mass is 32.2. The highest BCUT2D eigenvalue weighted by Gasteiger charge is 2.26. The third kappa shape index (κ3) is 9.02. The highest BCUT2D eigenvalue weighted by molar-refractivity contribution is 7.92. The third-order valence-corrected chi connectivity index (χ3v) is 8.33. The quantitative estimate of drug-likeness (QED) is 0.0247. The number of nitrogens with zero attached hydrogens (tertiary/aromatic N) is 3. The number of amidine groups is 1. The van der Waals surface area contributed by atoms with E-state index < -0.39 is 22.9 Å². The Morgan fingerprint density at radius 1 is 1.34 bits per heavy atom. The summed E-state index contributed by atoms with van der Waals surface area (Å²) in [4.78, 5) is 33.3. The molecule has 2 amide bonds. The molecule has 2 atom stereocenters. The van der Waals surface area contributed by atoms with E-state index in [4.69, 9.17) is 9.18 Å². The molecule has 44 heavy (non-hydrogen) atoms. The molecule has 0 saturated heterocycles. The number of hydrogen-bond acceptors (Lipinski definition) is 8. The van der Waals surface area contributed by atoms with Crippen LogP contribution in [0.4, 0.5) is 15.9 Å². The van der Waals surface area contributed by atoms with Gasteiger partial charge >= 0.3 is 0 Å². The van der Waals surface area contributed by atoms with Gasteiger partial charge in [-0.1, -0.05) is 31.2 Å². The predicted molar refractivity (Wildman–Crippen MR) is 178 cm³/mol. The Morgan fingerprint density at radius 2 is 2.09 bits per heavy atom. The van der Waals surface area contributed by atoms with Gasteiger partial charge in [-0.25, -0.2) is 14.4 Å². The van der Waals surface area contributed by atoms with Gasteiger partial charge in [-0.3, -0.25) is 18.1 Å². The maximum atomic E-state index is 14.9. The number of para-hydroxylation sites is 1. The maximum Gasteiger partial charge on any atom is 0.222 e. The van der Waals surface area contributed by atoms with Gasteiger partial charge in [0.1, 0.15) is 41.6 Å². The second kappa shape index (κ2) is 17.1. The predicted octanol–water partition coefficient (Wildman–Crippen LogP) is 4.63. The zero-order valence-corrected chi connectivity index (χ0v) is 27.4. The van der Waals surface area contributed by atoms with Crippen molar-refractivity contribution in [3.8, 4) is 17.0 Å². The summed E-state index contributed by atoms with van der Waals surface area (Å²) in [5.41, 5.74) is 1.66. The summed E-state index contributed by atoms with van der Waals surface area (Å²) in [7, 11) is 2.50. The lowest BCUT2D eigenvalue weighted by molar-refractivity contribution is -0.114. The summed E-state index contributed by atoms with van der Waals surface area (Å²) >= 11 is -0.409. The van der Waals surface area contributed by atoms with Crippen molar-refractivity contribution < 1.29 is 27.8 Å². The number of carbonyl (C=O) groups is 2. The fourth-order valence-corrected chi connectivity index (χ4v) is 5.89. The first-order valence-corrected chi connectivity index (χ1v) is 16.4. The summed E-state index contributed by atoms with van der Waals surface area (Å²) in [5, 5.41) is 16.2. The number of hydrogen-bond donors (Lipinski definition) is 3. The number of nitrogens with one attached hydrogen (secondary N) is 2. The Bertz CT molecular complexity index is 1510. The lowest BCUT2D eigenvalue weighted by Crippen LogP contribution is -2.30. The molecule has 14 heteroatoms. The van der Waals surface area contributed by atoms with Crippen LogP contribution in [0.2, 0.25) is 0 Å². The third-order valence-electron chi connectivity index (χ3n) is 6.13. The SMILES string of the molecule is C=CCCN(SOCCNC=O)/C(=N/c1c(CC)cccc1[S+](C)[O-])c1cc(P)c(-c2c(O)cccc2F)nc1NC(C)=O. The van der Waals surface area contributed by atoms with E-state index in [0.717, 1.165) is 17.8 Å². The smallest absolute Gasteiger partial charge is 0.222 e. The second-order valence-corrected chi connectivity index (χ2v) is 12.1. The number of aryl methyl sites for hydroxylation is 1. The van der Waals surface area contributed by atoms with E-state index >= 15 is 0 Å². The number of halogens is 1. The first kappa shape index (κ1) is 35.0. The van der Waals surface area contributed by atoms with Gasteiger partial charge in [-0.05, 0) is 59.2 Å². The van der Waals surface area contributed by atoms with Crippen LogP contribution in [0.5, 0.6) is 5.75 Å². The Balaban J connectivity index is 2.36. The first-order valence-electron chi connectivity index (χ1n) is 13.6. The van der Waals surface area contributed by atoms with Gasteiger partial charge in [0.15, 0.2) is 10.7 Å². The van der Waals surface area contributed by atoms with Crippen molar-refractivity contribution in [1.29, 1.82) is 0 Å². The molecule has 234 valence electrons. The number of aromatic hydroxyl groups is 1. The fraction of sp³-hybridized carbons (Fsp3) is 0.267. The van der Waals surface area contributed by atoms with E-state index in [1.54, 1.807) is 28.8 Å². The minimum atomic E-state index is -1.39. The fourth-order valence-electron chi connectivity index (χ4n) is 4.12. The van der Waals surface area contributed by atoms with E-state index in [0.29, 0.717) is 53.1 Å². The van der Waals surface area contributed by atoms with Crippen molar-refractivity contribution in [2.45, 2.75) is 31.6 Å². The van der Waals surface area contributed by atoms with Gasteiger partial charge in [0.05, 0.1) is 23.4 Å². The van der Waals surface area contributed by atoms with Crippen LogP contribution in [-0.4, -0.2) is 63.1 Å². The first-order chi connectivity index (χ1) is 21.1. The molecule has 0 spiro atoms. The average Bonchev–Trinajstić information content (AvgIpc) is 2.98. The van der Waals surface area contributed by atoms with Crippen molar-refractivity contribution in [2.75, 3.05) is 31.3 Å². The summed E-state index contributed by atoms with van der Waals surface area (Å²) in [6.07, 6.45) is 4.99. The number of amides is 2. The van der Waals surface area contributed by atoms with E-state index in [9.17, 15) is 23.6 Å². The molecule has 1 aromatic heterocycles. The molecule has 0 aliphatic carbocycles. The zero-order chi connectivity index (χ0) is 32.2. The Kier molecular flexibility index (Phi) is 13.6. The topological polar surface area (TPSA) is 139 Å². The van der Waals surface area contributed by atoms with Gasteiger partial charge in [-0.2, -0.15) is 0 Å². The summed E-state index contributed by atoms with van der Waals surface area (Å²) in [5.74, 6) is -1.09. The number of aromatic nitrogens is 1. The van der Waals surface area contributed by atoms with Gasteiger partial charge in [0, 0.05) is 20.0 Å². The standard InChI is InChI=1S/C30H35FN5O5PS2/c1-5-7-15-36(43-41-16-14-32-18-37)30(35-27-20(6-2)10-8-13-25(27)44(4)40)21-17-24(42)28(34-29(21)33-19(3)38)26-22(31)11-9-12-23(26)39/h5,8-13,17-18,39H,1,6-7,14-16,42H2,2-4H3,(H,32,37)(H,33,34,38)/b35-30+. The normalized spacial score (nSPS) is 12.0. The molecule has 0 saturated carbocycles. The molecule has 1 heterocycles. The number of pyridine rings is 1. The number of aliphatic imine (C=N–C) groups is 1. The van der Waals surface area contributed by atoms with Crippen LogP contribution in [-0.2, 0) is 31.4 Å². The lowest BCUT2D eigenvalue weighted by atomic mass is 10.1. The number of benzene rings is 2. The summed E-state index contributed by atoms with van der Waals surface area (Å²) in [6.45, 7) is 7.91. The molecule has 3 aromatic rings. The maximum absolute atomic E-state index is 14.9. The van der Waals surface area contributed by atoms with Crippen LogP contribution < -0.4 is 15.9 Å². The van der Waals surface area contributed by atoms with Crippen molar-refractivity contribution >= 4 is 67.6 Å². The largest absolute Gasteiger partial charge is 0.612 e. The highest BCUT2D eigenvalue weighted by Crippen LogP contribution is 2.35. The van der Waals surface area contributed by atoms with Crippen LogP contribution in [0.1, 0.15) is 31.4 Å². The molecule has 0 radical (unpaired) electrons. The van der Waals surface area contributed by atoms with E-state index in [1.807, 2.05) is 19.1 Å². The molecule has 10 nitrogen and oxygen atoms in total. The summed E-state index contributed by atoms with van der Waals surface area (Å²) < 4.78 is 35.3. The second-order valence-electron chi connectivity index (χ2n) is 9.29. The monoisotopic (exact) mass is 659 g/mol. The molecule has 0 aliphatic rings. The van der Waals surface area contributed by atoms with Crippen LogP contribution in [0, 0.1) is 5.82 Å². The van der Waals surface area contributed by atoms with Crippen molar-refractivity contribution in [1.82, 2.24) is 14.6 Å². The molecule has 3 N–H and O–H groups in total. The van der Waals surface area contributed by atoms with E-state index in [2.05, 4.69) is 31.4 Å². The minimum Gasteiger partial charge on any atom is -0.612 e. The Hall–Kier alpha value is -3.48. The average molecular weight is 660 g/mol. The van der Waals surface area contributed by atoms with Gasteiger partial charge in [0.2, 0.25) is 12.3 Å².